The van der Waals surface area contributed by atoms with Crippen LogP contribution < -0.4 is 4.90 Å². The van der Waals surface area contributed by atoms with Crippen molar-refractivity contribution < 1.29 is 19.4 Å². The Morgan fingerprint density at radius 3 is 2.50 bits per heavy atom. The van der Waals surface area contributed by atoms with Gasteiger partial charge in [0.2, 0.25) is 0 Å². The molecule has 2 aliphatic rings. The lowest BCUT2D eigenvalue weighted by Gasteiger charge is -2.39. The van der Waals surface area contributed by atoms with Gasteiger partial charge >= 0.3 is 5.97 Å². The maximum atomic E-state index is 11.3. The molecule has 0 aliphatic carbocycles. The van der Waals surface area contributed by atoms with Crippen LogP contribution in [0, 0.1) is 0 Å². The maximum Gasteiger partial charge on any atom is 0.337 e. The number of hydrogen-bond acceptors (Lipinski definition) is 4. The second-order valence-electron chi connectivity index (χ2n) is 5.04. The molecule has 1 aromatic carbocycles. The van der Waals surface area contributed by atoms with Crippen molar-refractivity contribution in [2.24, 2.45) is 0 Å². The summed E-state index contributed by atoms with van der Waals surface area (Å²) in [7, 11) is 0. The number of hydrogen-bond donors (Lipinski definition) is 1. The summed E-state index contributed by atoms with van der Waals surface area (Å²) in [5.41, 5.74) is 0.830. The Morgan fingerprint density at radius 2 is 1.90 bits per heavy atom. The van der Waals surface area contributed by atoms with E-state index in [0.717, 1.165) is 12.8 Å². The summed E-state index contributed by atoms with van der Waals surface area (Å²) in [4.78, 5) is 13.3. The molecule has 1 spiro atoms. The second-order valence-corrected chi connectivity index (χ2v) is 5.44. The number of carbonyl (C=O) groups is 1. The van der Waals surface area contributed by atoms with Crippen molar-refractivity contribution >= 4 is 23.3 Å². The van der Waals surface area contributed by atoms with Gasteiger partial charge in [-0.05, 0) is 12.1 Å². The largest absolute Gasteiger partial charge is 0.478 e. The number of benzene rings is 1. The molecule has 0 radical (unpaired) electrons. The minimum atomic E-state index is -0.962. The molecule has 0 saturated carbocycles. The standard InChI is InChI=1S/C14H16ClNO4/c15-11-3-1-2-10(13(17)18)12(11)16-6-4-14(5-7-16)19-8-9-20-14/h1-3H,4-9H2,(H,17,18). The topological polar surface area (TPSA) is 59.0 Å². The molecule has 108 valence electrons. The molecule has 2 aliphatic heterocycles. The van der Waals surface area contributed by atoms with Crippen LogP contribution in [0.25, 0.3) is 0 Å². The van der Waals surface area contributed by atoms with Gasteiger partial charge in [-0.3, -0.25) is 0 Å². The molecule has 1 N–H and O–H groups in total. The monoisotopic (exact) mass is 297 g/mol. The van der Waals surface area contributed by atoms with Crippen molar-refractivity contribution in [1.29, 1.82) is 0 Å². The van der Waals surface area contributed by atoms with E-state index in [2.05, 4.69) is 0 Å². The fourth-order valence-electron chi connectivity index (χ4n) is 2.87. The van der Waals surface area contributed by atoms with Gasteiger partial charge in [-0.2, -0.15) is 0 Å². The molecular formula is C14H16ClNO4. The molecule has 2 saturated heterocycles. The third-order valence-corrected chi connectivity index (χ3v) is 4.18. The summed E-state index contributed by atoms with van der Waals surface area (Å²) in [5.74, 6) is -1.43. The molecule has 0 atom stereocenters. The van der Waals surface area contributed by atoms with E-state index in [-0.39, 0.29) is 5.56 Å². The smallest absolute Gasteiger partial charge is 0.337 e. The SMILES string of the molecule is O=C(O)c1cccc(Cl)c1N1CCC2(CC1)OCCO2. The van der Waals surface area contributed by atoms with E-state index in [9.17, 15) is 9.90 Å². The maximum absolute atomic E-state index is 11.3. The molecule has 0 unspecified atom stereocenters. The molecule has 0 amide bonds. The van der Waals surface area contributed by atoms with E-state index < -0.39 is 11.8 Å². The number of para-hydroxylation sites is 1. The van der Waals surface area contributed by atoms with Crippen molar-refractivity contribution in [2.75, 3.05) is 31.2 Å². The lowest BCUT2D eigenvalue weighted by molar-refractivity contribution is -0.169. The van der Waals surface area contributed by atoms with E-state index in [1.165, 1.54) is 0 Å². The second kappa shape index (κ2) is 5.24. The molecular weight excluding hydrogens is 282 g/mol. The molecule has 1 aromatic rings. The van der Waals surface area contributed by atoms with Gasteiger partial charge in [-0.15, -0.1) is 0 Å². The normalized spacial score (nSPS) is 21.4. The Labute approximate surface area is 122 Å². The Balaban J connectivity index is 1.83. The van der Waals surface area contributed by atoms with Crippen molar-refractivity contribution in [2.45, 2.75) is 18.6 Å². The minimum absolute atomic E-state index is 0.238. The van der Waals surface area contributed by atoms with Gasteiger partial charge in [0.15, 0.2) is 5.79 Å². The Morgan fingerprint density at radius 1 is 1.25 bits per heavy atom. The average molecular weight is 298 g/mol. The number of anilines is 1. The molecule has 20 heavy (non-hydrogen) atoms. The number of ether oxygens (including phenoxy) is 2. The summed E-state index contributed by atoms with van der Waals surface area (Å²) in [6, 6.07) is 4.96. The number of rotatable bonds is 2. The van der Waals surface area contributed by atoms with Gasteiger partial charge < -0.3 is 19.5 Å². The third kappa shape index (κ3) is 2.37. The summed E-state index contributed by atoms with van der Waals surface area (Å²) >= 11 is 6.19. The van der Waals surface area contributed by atoms with E-state index >= 15 is 0 Å². The number of piperidine rings is 1. The number of carboxylic acid groups (broad SMARTS) is 1. The van der Waals surface area contributed by atoms with Crippen molar-refractivity contribution in [3.05, 3.63) is 28.8 Å². The van der Waals surface area contributed by atoms with Crippen LogP contribution in [0.3, 0.4) is 0 Å². The van der Waals surface area contributed by atoms with Crippen molar-refractivity contribution in [3.63, 3.8) is 0 Å². The zero-order valence-electron chi connectivity index (χ0n) is 11.0. The van der Waals surface area contributed by atoms with Crippen LogP contribution in [0.2, 0.25) is 5.02 Å². The van der Waals surface area contributed by atoms with E-state index in [1.54, 1.807) is 18.2 Å². The minimum Gasteiger partial charge on any atom is -0.478 e. The van der Waals surface area contributed by atoms with Gasteiger partial charge in [0.25, 0.3) is 0 Å². The Hall–Kier alpha value is -1.30. The van der Waals surface area contributed by atoms with Crippen LogP contribution in [0.15, 0.2) is 18.2 Å². The number of aromatic carboxylic acids is 1. The quantitative estimate of drug-likeness (QED) is 0.908. The van der Waals surface area contributed by atoms with Crippen LogP contribution in [-0.4, -0.2) is 43.2 Å². The zero-order chi connectivity index (χ0) is 14.2. The molecule has 0 bridgehead atoms. The lowest BCUT2D eigenvalue weighted by atomic mass is 10.0. The fraction of sp³-hybridized carbons (Fsp3) is 0.500. The molecule has 3 rings (SSSR count). The first kappa shape index (κ1) is 13.7. The van der Waals surface area contributed by atoms with Gasteiger partial charge in [0, 0.05) is 25.9 Å². The van der Waals surface area contributed by atoms with Crippen molar-refractivity contribution in [3.8, 4) is 0 Å². The van der Waals surface area contributed by atoms with E-state index in [4.69, 9.17) is 21.1 Å². The molecule has 2 heterocycles. The highest BCUT2D eigenvalue weighted by molar-refractivity contribution is 6.34. The van der Waals surface area contributed by atoms with Crippen LogP contribution in [0.1, 0.15) is 23.2 Å². The summed E-state index contributed by atoms with van der Waals surface area (Å²) in [5, 5.41) is 9.76. The van der Waals surface area contributed by atoms with Crippen LogP contribution in [0.4, 0.5) is 5.69 Å². The summed E-state index contributed by atoms with van der Waals surface area (Å²) in [6.07, 6.45) is 1.44. The summed E-state index contributed by atoms with van der Waals surface area (Å²) < 4.78 is 11.4. The lowest BCUT2D eigenvalue weighted by Crippen LogP contribution is -2.45. The molecule has 5 nitrogen and oxygen atoms in total. The fourth-order valence-corrected chi connectivity index (χ4v) is 3.16. The number of carboxylic acids is 1. The highest BCUT2D eigenvalue weighted by atomic mass is 35.5. The van der Waals surface area contributed by atoms with Gasteiger partial charge in [0.1, 0.15) is 0 Å². The van der Waals surface area contributed by atoms with E-state index in [0.29, 0.717) is 37.0 Å². The Kier molecular flexibility index (Phi) is 3.58. The van der Waals surface area contributed by atoms with Crippen LogP contribution >= 0.6 is 11.6 Å². The zero-order valence-corrected chi connectivity index (χ0v) is 11.7. The van der Waals surface area contributed by atoms with Crippen molar-refractivity contribution in [1.82, 2.24) is 0 Å². The van der Waals surface area contributed by atoms with Gasteiger partial charge in [-0.1, -0.05) is 17.7 Å². The molecule has 6 heteroatoms. The average Bonchev–Trinajstić information content (AvgIpc) is 2.88. The van der Waals surface area contributed by atoms with E-state index in [1.807, 2.05) is 4.90 Å². The number of halogens is 1. The molecule has 0 aromatic heterocycles. The predicted molar refractivity (Wildman–Crippen MR) is 74.5 cm³/mol. The van der Waals surface area contributed by atoms with Crippen LogP contribution in [-0.2, 0) is 9.47 Å². The third-order valence-electron chi connectivity index (χ3n) is 3.87. The number of nitrogens with zero attached hydrogens (tertiary/aromatic N) is 1. The first-order valence-electron chi connectivity index (χ1n) is 6.66. The van der Waals surface area contributed by atoms with Crippen LogP contribution in [0.5, 0.6) is 0 Å². The molecule has 2 fully saturated rings. The first-order valence-corrected chi connectivity index (χ1v) is 7.04. The predicted octanol–water partition coefficient (Wildman–Crippen LogP) is 2.38. The first-order chi connectivity index (χ1) is 9.61. The van der Waals surface area contributed by atoms with Gasteiger partial charge in [-0.25, -0.2) is 4.79 Å². The van der Waals surface area contributed by atoms with Gasteiger partial charge in [0.05, 0.1) is 29.5 Å². The highest BCUT2D eigenvalue weighted by Crippen LogP contribution is 2.37. The Bertz CT molecular complexity index is 518. The summed E-state index contributed by atoms with van der Waals surface area (Å²) in [6.45, 7) is 2.60. The highest BCUT2D eigenvalue weighted by Gasteiger charge is 2.40.